The molecule has 0 saturated carbocycles. The second-order valence-corrected chi connectivity index (χ2v) is 0.577. The molecular weight excluding hydrogens is 182 g/mol. The van der Waals surface area contributed by atoms with Crippen molar-refractivity contribution in [1.82, 2.24) is 0 Å². The standard InChI is InChI=1S/Fe.2H3O2P/c;2*1-3-2/h;2*3H2,(H,1,2)/q+2;;/p-2. The molecule has 0 rings (SSSR count). The van der Waals surface area contributed by atoms with E-state index in [-0.39, 0.29) is 17.1 Å². The predicted molar refractivity (Wildman–Crippen MR) is 20.8 cm³/mol. The zero-order chi connectivity index (χ0) is 5.41. The van der Waals surface area contributed by atoms with Crippen LogP contribution in [0.3, 0.4) is 0 Å². The van der Waals surface area contributed by atoms with Gasteiger partial charge in [-0.05, 0) is 17.4 Å². The molecule has 4 nitrogen and oxygen atoms in total. The first-order valence-corrected chi connectivity index (χ1v) is 2.83. The maximum Gasteiger partial charge on any atom is 2.00 e. The van der Waals surface area contributed by atoms with Crippen LogP contribution in [0.15, 0.2) is 0 Å². The van der Waals surface area contributed by atoms with Crippen LogP contribution in [-0.2, 0) is 26.2 Å². The first-order valence-electron chi connectivity index (χ1n) is 0.943. The van der Waals surface area contributed by atoms with Crippen LogP contribution in [0.2, 0.25) is 0 Å². The minimum Gasteiger partial charge on any atom is -0.804 e. The van der Waals surface area contributed by atoms with Crippen molar-refractivity contribution in [1.29, 1.82) is 0 Å². The van der Waals surface area contributed by atoms with Crippen molar-refractivity contribution >= 4 is 17.4 Å². The molecule has 46 valence electrons. The zero-order valence-corrected chi connectivity index (χ0v) is 6.55. The molecule has 0 heterocycles. The van der Waals surface area contributed by atoms with Crippen LogP contribution in [0, 0.1) is 0 Å². The second-order valence-electron chi connectivity index (χ2n) is 0.192. The third kappa shape index (κ3) is 205. The Morgan fingerprint density at radius 2 is 1.00 bits per heavy atom. The Morgan fingerprint density at radius 3 is 1.00 bits per heavy atom. The van der Waals surface area contributed by atoms with Gasteiger partial charge in [0.05, 0.1) is 0 Å². The molecule has 0 aromatic rings. The summed E-state index contributed by atoms with van der Waals surface area (Å²) in [5.41, 5.74) is 0. The summed E-state index contributed by atoms with van der Waals surface area (Å²) in [6.45, 7) is 0. The molecule has 0 saturated heterocycles. The molecule has 2 atom stereocenters. The maximum absolute atomic E-state index is 8.46. The minimum atomic E-state index is -1.75. The first kappa shape index (κ1) is 15.7. The summed E-state index contributed by atoms with van der Waals surface area (Å²) in [4.78, 5) is 16.9. The third-order valence-electron chi connectivity index (χ3n) is 0. The first-order chi connectivity index (χ1) is 2.83. The molecule has 0 fully saturated rings. The van der Waals surface area contributed by atoms with Gasteiger partial charge in [-0.15, -0.1) is 0 Å². The number of hydrogen-bond acceptors (Lipinski definition) is 4. The SMILES string of the molecule is O=[PH2][O-].O=[PH2][O-].[Fe+2]. The van der Waals surface area contributed by atoms with Crippen LogP contribution in [0.5, 0.6) is 0 Å². The van der Waals surface area contributed by atoms with Gasteiger partial charge in [0.1, 0.15) is 0 Å². The van der Waals surface area contributed by atoms with Crippen molar-refractivity contribution in [3.8, 4) is 0 Å². The molecule has 0 spiro atoms. The van der Waals surface area contributed by atoms with Gasteiger partial charge in [0, 0.05) is 0 Å². The molecule has 0 amide bonds. The Morgan fingerprint density at radius 1 is 1.00 bits per heavy atom. The molecule has 0 bridgehead atoms. The molecule has 0 aromatic heterocycles. The third-order valence-corrected chi connectivity index (χ3v) is 0. The van der Waals surface area contributed by atoms with Gasteiger partial charge in [0.2, 0.25) is 0 Å². The van der Waals surface area contributed by atoms with E-state index in [1.165, 1.54) is 0 Å². The van der Waals surface area contributed by atoms with Gasteiger partial charge in [-0.3, -0.25) is 0 Å². The Kier molecular flexibility index (Phi) is 63.9. The van der Waals surface area contributed by atoms with Crippen molar-refractivity contribution in [3.63, 3.8) is 0 Å². The van der Waals surface area contributed by atoms with E-state index in [0.29, 0.717) is 0 Å². The average molecular weight is 186 g/mol. The van der Waals surface area contributed by atoms with E-state index >= 15 is 0 Å². The summed E-state index contributed by atoms with van der Waals surface area (Å²) in [6, 6.07) is 0. The normalized spacial score (nSPS) is 8.29. The number of hydrogen-bond donors (Lipinski definition) is 0. The monoisotopic (exact) mass is 186 g/mol. The largest absolute Gasteiger partial charge is 2.00 e. The Balaban J connectivity index is -0.0000000400. The summed E-state index contributed by atoms with van der Waals surface area (Å²) in [5, 5.41) is 0. The summed E-state index contributed by atoms with van der Waals surface area (Å²) < 4.78 is 16.9. The second kappa shape index (κ2) is 28.6. The van der Waals surface area contributed by atoms with Gasteiger partial charge in [-0.2, -0.15) is 0 Å². The molecule has 7 heavy (non-hydrogen) atoms. The van der Waals surface area contributed by atoms with Gasteiger partial charge < -0.3 is 18.9 Å². The summed E-state index contributed by atoms with van der Waals surface area (Å²) in [6.07, 6.45) is 0. The minimum absolute atomic E-state index is 0. The molecule has 0 aliphatic heterocycles. The Labute approximate surface area is 54.0 Å². The molecule has 0 aromatic carbocycles. The summed E-state index contributed by atoms with van der Waals surface area (Å²) in [5.74, 6) is 0. The van der Waals surface area contributed by atoms with E-state index in [1.54, 1.807) is 0 Å². The summed E-state index contributed by atoms with van der Waals surface area (Å²) >= 11 is 0. The van der Waals surface area contributed by atoms with Crippen LogP contribution < -0.4 is 9.79 Å². The fourth-order valence-corrected chi connectivity index (χ4v) is 0. The van der Waals surface area contributed by atoms with E-state index < -0.39 is 17.4 Å². The van der Waals surface area contributed by atoms with E-state index in [1.807, 2.05) is 0 Å². The van der Waals surface area contributed by atoms with Gasteiger partial charge in [-0.1, -0.05) is 0 Å². The van der Waals surface area contributed by atoms with Crippen LogP contribution in [0.25, 0.3) is 0 Å². The smallest absolute Gasteiger partial charge is 0.804 e. The molecule has 0 N–H and O–H groups in total. The average Bonchev–Trinajstić information content (AvgIpc) is 1.39. The fraction of sp³-hybridized carbons (Fsp3) is 0. The number of rotatable bonds is 0. The molecule has 0 radical (unpaired) electrons. The van der Waals surface area contributed by atoms with Crippen molar-refractivity contribution in [3.05, 3.63) is 0 Å². The van der Waals surface area contributed by atoms with Crippen LogP contribution in [0.4, 0.5) is 0 Å². The maximum atomic E-state index is 8.46. The topological polar surface area (TPSA) is 80.3 Å². The van der Waals surface area contributed by atoms with Crippen molar-refractivity contribution < 1.29 is 36.0 Å². The van der Waals surface area contributed by atoms with Crippen molar-refractivity contribution in [2.75, 3.05) is 0 Å². The van der Waals surface area contributed by atoms with Crippen molar-refractivity contribution in [2.24, 2.45) is 0 Å². The Hall–Kier alpha value is 0.899. The molecule has 2 unspecified atom stereocenters. The fourth-order valence-electron chi connectivity index (χ4n) is 0. The summed E-state index contributed by atoms with van der Waals surface area (Å²) in [7, 11) is -3.50. The van der Waals surface area contributed by atoms with Crippen LogP contribution in [-0.4, -0.2) is 0 Å². The molecule has 0 aliphatic rings. The predicted octanol–water partition coefficient (Wildman–Crippen LogP) is -1.97. The van der Waals surface area contributed by atoms with Gasteiger partial charge >= 0.3 is 17.1 Å². The van der Waals surface area contributed by atoms with E-state index in [0.717, 1.165) is 0 Å². The van der Waals surface area contributed by atoms with E-state index in [4.69, 9.17) is 18.9 Å². The quantitative estimate of drug-likeness (QED) is 0.324. The van der Waals surface area contributed by atoms with E-state index in [2.05, 4.69) is 0 Å². The molecular formula is H4FeO4P2. The van der Waals surface area contributed by atoms with Gasteiger partial charge in [0.25, 0.3) is 0 Å². The Bertz CT molecular complexity index is 30.7. The van der Waals surface area contributed by atoms with Crippen LogP contribution >= 0.6 is 17.4 Å². The van der Waals surface area contributed by atoms with Gasteiger partial charge in [-0.25, -0.2) is 0 Å². The van der Waals surface area contributed by atoms with Crippen molar-refractivity contribution in [2.45, 2.75) is 0 Å². The molecule has 7 heteroatoms. The van der Waals surface area contributed by atoms with Gasteiger partial charge in [0.15, 0.2) is 0 Å². The molecule has 0 aliphatic carbocycles. The van der Waals surface area contributed by atoms with E-state index in [9.17, 15) is 0 Å². The zero-order valence-electron chi connectivity index (χ0n) is 3.14. The van der Waals surface area contributed by atoms with Crippen LogP contribution in [0.1, 0.15) is 0 Å².